The average molecular weight is 296 g/mol. The van der Waals surface area contributed by atoms with E-state index >= 15 is 0 Å². The number of hydrogen-bond donors (Lipinski definition) is 1. The van der Waals surface area contributed by atoms with Crippen molar-refractivity contribution in [3.63, 3.8) is 0 Å². The van der Waals surface area contributed by atoms with Gasteiger partial charge in [-0.2, -0.15) is 0 Å². The number of benzene rings is 1. The van der Waals surface area contributed by atoms with Gasteiger partial charge in [-0.1, -0.05) is 0 Å². The second kappa shape index (κ2) is 7.03. The number of carbonyl (C=O) groups excluding carboxylic acids is 1. The fraction of sp³-hybridized carbons (Fsp3) is 0.500. The van der Waals surface area contributed by atoms with Crippen molar-refractivity contribution in [1.82, 2.24) is 5.32 Å². The van der Waals surface area contributed by atoms with Crippen LogP contribution in [0.25, 0.3) is 0 Å². The lowest BCUT2D eigenvalue weighted by atomic mass is 10.0. The molecule has 0 aliphatic heterocycles. The number of nitrogens with zero attached hydrogens (tertiary/aromatic N) is 1. The molecule has 0 amide bonds. The normalized spacial score (nSPS) is 13.6. The molecule has 1 aromatic carbocycles. The first-order valence-electron chi connectivity index (χ1n) is 6.52. The lowest BCUT2D eigenvalue weighted by Crippen LogP contribution is -2.56. The third-order valence-electron chi connectivity index (χ3n) is 2.82. The summed E-state index contributed by atoms with van der Waals surface area (Å²) < 4.78 is 10.3. The number of hydrogen-bond acceptors (Lipinski definition) is 6. The van der Waals surface area contributed by atoms with Crippen LogP contribution in [0.15, 0.2) is 24.3 Å². The van der Waals surface area contributed by atoms with Crippen molar-refractivity contribution in [3.05, 3.63) is 34.4 Å². The van der Waals surface area contributed by atoms with Gasteiger partial charge in [0.05, 0.1) is 12.0 Å². The molecule has 0 bridgehead atoms. The Kier molecular flexibility index (Phi) is 5.66. The molecule has 1 unspecified atom stereocenters. The third kappa shape index (κ3) is 4.71. The van der Waals surface area contributed by atoms with E-state index in [1.54, 1.807) is 6.92 Å². The minimum absolute atomic E-state index is 0.0154. The van der Waals surface area contributed by atoms with E-state index in [1.165, 1.54) is 31.4 Å². The van der Waals surface area contributed by atoms with Gasteiger partial charge in [0.2, 0.25) is 0 Å². The SMILES string of the molecule is COC(=O)C(C)(COc1ccc([N+](=O)[O-])cc1)NC(C)C. The molecule has 7 nitrogen and oxygen atoms in total. The van der Waals surface area contributed by atoms with Crippen molar-refractivity contribution in [3.8, 4) is 5.75 Å². The Morgan fingerprint density at radius 2 is 1.95 bits per heavy atom. The van der Waals surface area contributed by atoms with E-state index in [-0.39, 0.29) is 18.3 Å². The van der Waals surface area contributed by atoms with E-state index in [0.717, 1.165) is 0 Å². The third-order valence-corrected chi connectivity index (χ3v) is 2.82. The fourth-order valence-corrected chi connectivity index (χ4v) is 1.91. The van der Waals surface area contributed by atoms with E-state index in [9.17, 15) is 14.9 Å². The average Bonchev–Trinajstić information content (AvgIpc) is 2.44. The first kappa shape index (κ1) is 16.9. The highest BCUT2D eigenvalue weighted by molar-refractivity contribution is 5.80. The van der Waals surface area contributed by atoms with Crippen molar-refractivity contribution >= 4 is 11.7 Å². The van der Waals surface area contributed by atoms with Gasteiger partial charge in [-0.15, -0.1) is 0 Å². The number of carbonyl (C=O) groups is 1. The van der Waals surface area contributed by atoms with Crippen LogP contribution in [-0.2, 0) is 9.53 Å². The van der Waals surface area contributed by atoms with Crippen molar-refractivity contribution < 1.29 is 19.2 Å². The molecule has 1 rings (SSSR count). The van der Waals surface area contributed by atoms with Gasteiger partial charge in [-0.05, 0) is 32.9 Å². The first-order valence-corrected chi connectivity index (χ1v) is 6.52. The summed E-state index contributed by atoms with van der Waals surface area (Å²) in [5.74, 6) is 0.0133. The summed E-state index contributed by atoms with van der Waals surface area (Å²) in [4.78, 5) is 22.0. The Morgan fingerprint density at radius 3 is 2.38 bits per heavy atom. The number of ether oxygens (including phenoxy) is 2. The molecule has 0 fully saturated rings. The molecule has 0 saturated carbocycles. The summed E-state index contributed by atoms with van der Waals surface area (Å²) in [5, 5.41) is 13.7. The second-order valence-electron chi connectivity index (χ2n) is 5.16. The minimum Gasteiger partial charge on any atom is -0.491 e. The van der Waals surface area contributed by atoms with Crippen LogP contribution in [0.2, 0.25) is 0 Å². The summed E-state index contributed by atoms with van der Waals surface area (Å²) in [7, 11) is 1.31. The van der Waals surface area contributed by atoms with E-state index in [2.05, 4.69) is 5.32 Å². The molecule has 0 aliphatic rings. The highest BCUT2D eigenvalue weighted by Gasteiger charge is 2.36. The summed E-state index contributed by atoms with van der Waals surface area (Å²) in [6.45, 7) is 5.56. The topological polar surface area (TPSA) is 90.7 Å². The zero-order valence-electron chi connectivity index (χ0n) is 12.6. The lowest BCUT2D eigenvalue weighted by molar-refractivity contribution is -0.384. The van der Waals surface area contributed by atoms with Gasteiger partial charge in [-0.25, -0.2) is 4.79 Å². The molecular formula is C14H20N2O5. The predicted octanol–water partition coefficient (Wildman–Crippen LogP) is 1.90. The van der Waals surface area contributed by atoms with Crippen LogP contribution in [0, 0.1) is 10.1 Å². The van der Waals surface area contributed by atoms with Crippen molar-refractivity contribution in [2.24, 2.45) is 0 Å². The largest absolute Gasteiger partial charge is 0.491 e. The summed E-state index contributed by atoms with van der Waals surface area (Å²) in [6, 6.07) is 5.74. The molecule has 0 saturated heterocycles. The van der Waals surface area contributed by atoms with Crippen LogP contribution in [0.4, 0.5) is 5.69 Å². The monoisotopic (exact) mass is 296 g/mol. The zero-order chi connectivity index (χ0) is 16.0. The summed E-state index contributed by atoms with van der Waals surface area (Å²) in [6.07, 6.45) is 0. The Hall–Kier alpha value is -2.15. The lowest BCUT2D eigenvalue weighted by Gasteiger charge is -2.29. The number of esters is 1. The van der Waals surface area contributed by atoms with E-state index in [1.807, 2.05) is 13.8 Å². The Balaban J connectivity index is 2.76. The molecular weight excluding hydrogens is 276 g/mol. The summed E-state index contributed by atoms with van der Waals surface area (Å²) in [5.41, 5.74) is -1.01. The van der Waals surface area contributed by atoms with E-state index in [0.29, 0.717) is 5.75 Å². The van der Waals surface area contributed by atoms with Crippen molar-refractivity contribution in [2.45, 2.75) is 32.4 Å². The molecule has 0 aliphatic carbocycles. The van der Waals surface area contributed by atoms with Crippen LogP contribution in [-0.4, -0.2) is 36.2 Å². The second-order valence-corrected chi connectivity index (χ2v) is 5.16. The maximum absolute atomic E-state index is 11.9. The molecule has 21 heavy (non-hydrogen) atoms. The number of methoxy groups -OCH3 is 1. The Morgan fingerprint density at radius 1 is 1.38 bits per heavy atom. The van der Waals surface area contributed by atoms with Crippen molar-refractivity contribution in [1.29, 1.82) is 0 Å². The fourth-order valence-electron chi connectivity index (χ4n) is 1.91. The van der Waals surface area contributed by atoms with Crippen LogP contribution in [0.5, 0.6) is 5.75 Å². The van der Waals surface area contributed by atoms with E-state index < -0.39 is 16.4 Å². The molecule has 1 atom stereocenters. The molecule has 1 N–H and O–H groups in total. The van der Waals surface area contributed by atoms with Gasteiger partial charge >= 0.3 is 5.97 Å². The Bertz CT molecular complexity index is 501. The molecule has 0 spiro atoms. The van der Waals surface area contributed by atoms with E-state index in [4.69, 9.17) is 9.47 Å². The van der Waals surface area contributed by atoms with Crippen LogP contribution < -0.4 is 10.1 Å². The number of nitrogens with one attached hydrogen (secondary N) is 1. The number of nitro groups is 1. The minimum atomic E-state index is -0.995. The number of nitro benzene ring substituents is 1. The van der Waals surface area contributed by atoms with Crippen LogP contribution in [0.1, 0.15) is 20.8 Å². The van der Waals surface area contributed by atoms with Crippen molar-refractivity contribution in [2.75, 3.05) is 13.7 Å². The van der Waals surface area contributed by atoms with Gasteiger partial charge in [0.15, 0.2) is 0 Å². The van der Waals surface area contributed by atoms with Gasteiger partial charge in [0, 0.05) is 18.2 Å². The van der Waals surface area contributed by atoms with Gasteiger partial charge in [-0.3, -0.25) is 15.4 Å². The van der Waals surface area contributed by atoms with Crippen LogP contribution in [0.3, 0.4) is 0 Å². The predicted molar refractivity (Wildman–Crippen MR) is 77.3 cm³/mol. The highest BCUT2D eigenvalue weighted by atomic mass is 16.6. The summed E-state index contributed by atoms with van der Waals surface area (Å²) >= 11 is 0. The molecule has 7 heteroatoms. The molecule has 0 aromatic heterocycles. The maximum Gasteiger partial charge on any atom is 0.329 e. The number of non-ortho nitro benzene ring substituents is 1. The maximum atomic E-state index is 11.9. The first-order chi connectivity index (χ1) is 9.78. The molecule has 0 heterocycles. The highest BCUT2D eigenvalue weighted by Crippen LogP contribution is 2.19. The van der Waals surface area contributed by atoms with Gasteiger partial charge in [0.25, 0.3) is 5.69 Å². The van der Waals surface area contributed by atoms with Gasteiger partial charge < -0.3 is 9.47 Å². The Labute approximate surface area is 123 Å². The smallest absolute Gasteiger partial charge is 0.329 e. The van der Waals surface area contributed by atoms with Gasteiger partial charge in [0.1, 0.15) is 17.9 Å². The number of rotatable bonds is 7. The molecule has 116 valence electrons. The quantitative estimate of drug-likeness (QED) is 0.469. The molecule has 0 radical (unpaired) electrons. The van der Waals surface area contributed by atoms with Crippen LogP contribution >= 0.6 is 0 Å². The molecule has 1 aromatic rings. The zero-order valence-corrected chi connectivity index (χ0v) is 12.6. The standard InChI is InChI=1S/C14H20N2O5/c1-10(2)15-14(3,13(17)20-4)9-21-12-7-5-11(6-8-12)16(18)19/h5-8,10,15H,9H2,1-4H3.